The van der Waals surface area contributed by atoms with E-state index in [1.54, 1.807) is 18.3 Å². The van der Waals surface area contributed by atoms with E-state index in [-0.39, 0.29) is 34.8 Å². The monoisotopic (exact) mass is 423 g/mol. The predicted octanol–water partition coefficient (Wildman–Crippen LogP) is 1.07. The van der Waals surface area contributed by atoms with Crippen LogP contribution in [-0.2, 0) is 19.9 Å². The molecule has 0 radical (unpaired) electrons. The Kier molecular flexibility index (Phi) is 5.82. The van der Waals surface area contributed by atoms with Gasteiger partial charge < -0.3 is 5.32 Å². The maximum Gasteiger partial charge on any atom is 0.253 e. The van der Waals surface area contributed by atoms with Crippen molar-refractivity contribution in [2.24, 2.45) is 0 Å². The predicted molar refractivity (Wildman–Crippen MR) is 103 cm³/mol. The van der Waals surface area contributed by atoms with Crippen LogP contribution in [0, 0.1) is 0 Å². The zero-order valence-corrected chi connectivity index (χ0v) is 16.9. The molecule has 0 bridgehead atoms. The average molecular weight is 424 g/mol. The molecule has 1 saturated heterocycles. The van der Waals surface area contributed by atoms with Crippen LogP contribution in [0.5, 0.6) is 0 Å². The van der Waals surface area contributed by atoms with E-state index in [4.69, 9.17) is 0 Å². The van der Waals surface area contributed by atoms with Gasteiger partial charge >= 0.3 is 0 Å². The molecule has 1 aromatic carbocycles. The number of amides is 1. The molecule has 0 aliphatic carbocycles. The van der Waals surface area contributed by atoms with Gasteiger partial charge in [-0.1, -0.05) is 0 Å². The first-order valence-corrected chi connectivity index (χ1v) is 12.0. The number of rotatable bonds is 5. The maximum atomic E-state index is 12.8. The summed E-state index contributed by atoms with van der Waals surface area (Å²) in [7, 11) is -7.10. The average Bonchev–Trinajstić information content (AvgIpc) is 2.68. The minimum absolute atomic E-state index is 0.0535. The Morgan fingerprint density at radius 1 is 1.04 bits per heavy atom. The second-order valence-corrected chi connectivity index (χ2v) is 10.6. The Balaban J connectivity index is 1.63. The van der Waals surface area contributed by atoms with Gasteiger partial charge in [0.1, 0.15) is 0 Å². The van der Waals surface area contributed by atoms with Crippen LogP contribution in [0.2, 0.25) is 0 Å². The summed E-state index contributed by atoms with van der Waals surface area (Å²) in [4.78, 5) is 16.2. The number of hydrogen-bond donors (Lipinski definition) is 1. The summed E-state index contributed by atoms with van der Waals surface area (Å²) in [5, 5.41) is 2.90. The molecule has 28 heavy (non-hydrogen) atoms. The molecule has 1 aliphatic heterocycles. The molecule has 0 unspecified atom stereocenters. The topological polar surface area (TPSA) is 114 Å². The van der Waals surface area contributed by atoms with Gasteiger partial charge in [-0.25, -0.2) is 16.8 Å². The van der Waals surface area contributed by atoms with Crippen molar-refractivity contribution in [2.75, 3.05) is 19.3 Å². The first-order chi connectivity index (χ1) is 13.2. The van der Waals surface area contributed by atoms with E-state index in [0.29, 0.717) is 18.4 Å². The number of carbonyl (C=O) groups is 1. The minimum atomic E-state index is -3.71. The number of piperidine rings is 1. The van der Waals surface area contributed by atoms with Crippen LogP contribution >= 0.6 is 0 Å². The van der Waals surface area contributed by atoms with E-state index < -0.39 is 19.9 Å². The zero-order chi connectivity index (χ0) is 20.4. The highest BCUT2D eigenvalue weighted by Gasteiger charge is 2.30. The molecule has 0 spiro atoms. The van der Waals surface area contributed by atoms with E-state index in [1.165, 1.54) is 34.8 Å². The first kappa shape index (κ1) is 20.4. The fraction of sp³-hybridized carbons (Fsp3) is 0.333. The molecule has 2 aromatic rings. The minimum Gasteiger partial charge on any atom is -0.349 e. The SMILES string of the molecule is CS(=O)(=O)c1ccc(S(=O)(=O)N2CCC(NC(=O)c3cccnc3)CC2)cc1. The lowest BCUT2D eigenvalue weighted by molar-refractivity contribution is 0.0923. The summed E-state index contributed by atoms with van der Waals surface area (Å²) in [6.45, 7) is 0.544. The summed E-state index contributed by atoms with van der Waals surface area (Å²) < 4.78 is 50.0. The maximum absolute atomic E-state index is 12.8. The van der Waals surface area contributed by atoms with Gasteiger partial charge in [0, 0.05) is 37.8 Å². The highest BCUT2D eigenvalue weighted by molar-refractivity contribution is 7.90. The van der Waals surface area contributed by atoms with Crippen LogP contribution in [0.4, 0.5) is 0 Å². The lowest BCUT2D eigenvalue weighted by atomic mass is 10.1. The molecule has 150 valence electrons. The number of nitrogens with one attached hydrogen (secondary N) is 1. The molecule has 0 saturated carbocycles. The third-order valence-corrected chi connectivity index (χ3v) is 7.64. The van der Waals surface area contributed by atoms with Crippen LogP contribution in [0.25, 0.3) is 0 Å². The lowest BCUT2D eigenvalue weighted by Crippen LogP contribution is -2.46. The molecule has 1 N–H and O–H groups in total. The highest BCUT2D eigenvalue weighted by atomic mass is 32.2. The van der Waals surface area contributed by atoms with Crippen LogP contribution in [0.1, 0.15) is 23.2 Å². The van der Waals surface area contributed by atoms with Crippen molar-refractivity contribution in [3.05, 3.63) is 54.4 Å². The Bertz CT molecular complexity index is 1040. The summed E-state index contributed by atoms with van der Waals surface area (Å²) in [5.41, 5.74) is 0.462. The van der Waals surface area contributed by atoms with Gasteiger partial charge in [0.2, 0.25) is 10.0 Å². The fourth-order valence-electron chi connectivity index (χ4n) is 3.01. The molecule has 1 aliphatic rings. The smallest absolute Gasteiger partial charge is 0.253 e. The number of benzene rings is 1. The molecule has 1 aromatic heterocycles. The third kappa shape index (κ3) is 4.57. The van der Waals surface area contributed by atoms with Gasteiger partial charge in [-0.2, -0.15) is 4.31 Å². The Morgan fingerprint density at radius 2 is 1.64 bits per heavy atom. The Labute approximate surface area is 164 Å². The summed E-state index contributed by atoms with van der Waals surface area (Å²) in [6, 6.07) is 8.43. The third-order valence-electron chi connectivity index (χ3n) is 4.60. The van der Waals surface area contributed by atoms with Crippen LogP contribution in [0.15, 0.2) is 58.6 Å². The number of sulfonamides is 1. The zero-order valence-electron chi connectivity index (χ0n) is 15.3. The molecular formula is C18H21N3O5S2. The standard InChI is InChI=1S/C18H21N3O5S2/c1-27(23,24)16-4-6-17(7-5-16)28(25,26)21-11-8-15(9-12-21)20-18(22)14-3-2-10-19-13-14/h2-7,10,13,15H,8-9,11-12H2,1H3,(H,20,22). The quantitative estimate of drug-likeness (QED) is 0.770. The van der Waals surface area contributed by atoms with Gasteiger partial charge in [-0.15, -0.1) is 0 Å². The molecular weight excluding hydrogens is 402 g/mol. The van der Waals surface area contributed by atoms with Crippen molar-refractivity contribution < 1.29 is 21.6 Å². The van der Waals surface area contributed by atoms with Gasteiger partial charge in [0.15, 0.2) is 9.84 Å². The van der Waals surface area contributed by atoms with E-state index in [0.717, 1.165) is 6.26 Å². The van der Waals surface area contributed by atoms with Gasteiger partial charge in [0.05, 0.1) is 15.4 Å². The van der Waals surface area contributed by atoms with Gasteiger partial charge in [-0.3, -0.25) is 9.78 Å². The summed E-state index contributed by atoms with van der Waals surface area (Å²) in [6.07, 6.45) is 5.12. The second kappa shape index (κ2) is 7.98. The summed E-state index contributed by atoms with van der Waals surface area (Å²) >= 11 is 0. The van der Waals surface area contributed by atoms with Crippen LogP contribution in [-0.4, -0.2) is 57.4 Å². The van der Waals surface area contributed by atoms with Crippen molar-refractivity contribution in [3.8, 4) is 0 Å². The molecule has 1 amide bonds. The Morgan fingerprint density at radius 3 is 2.18 bits per heavy atom. The molecule has 2 heterocycles. The number of aromatic nitrogens is 1. The van der Waals surface area contributed by atoms with Crippen LogP contribution in [0.3, 0.4) is 0 Å². The number of carbonyl (C=O) groups excluding carboxylic acids is 1. The van der Waals surface area contributed by atoms with Crippen molar-refractivity contribution in [1.29, 1.82) is 0 Å². The first-order valence-electron chi connectivity index (χ1n) is 8.69. The molecule has 3 rings (SSSR count). The van der Waals surface area contributed by atoms with E-state index in [9.17, 15) is 21.6 Å². The van der Waals surface area contributed by atoms with Crippen molar-refractivity contribution in [3.63, 3.8) is 0 Å². The van der Waals surface area contributed by atoms with Gasteiger partial charge in [0.25, 0.3) is 5.91 Å². The second-order valence-electron chi connectivity index (χ2n) is 6.64. The fourth-order valence-corrected chi connectivity index (χ4v) is 5.11. The molecule has 1 fully saturated rings. The molecule has 0 atom stereocenters. The molecule has 10 heteroatoms. The van der Waals surface area contributed by atoms with E-state index in [1.807, 2.05) is 0 Å². The number of hydrogen-bond acceptors (Lipinski definition) is 6. The van der Waals surface area contributed by atoms with Crippen LogP contribution < -0.4 is 5.32 Å². The van der Waals surface area contributed by atoms with E-state index >= 15 is 0 Å². The van der Waals surface area contributed by atoms with Crippen molar-refractivity contribution >= 4 is 25.8 Å². The van der Waals surface area contributed by atoms with Crippen molar-refractivity contribution in [1.82, 2.24) is 14.6 Å². The van der Waals surface area contributed by atoms with E-state index in [2.05, 4.69) is 10.3 Å². The van der Waals surface area contributed by atoms with Gasteiger partial charge in [-0.05, 0) is 49.2 Å². The largest absolute Gasteiger partial charge is 0.349 e. The number of nitrogens with zero attached hydrogens (tertiary/aromatic N) is 2. The summed E-state index contributed by atoms with van der Waals surface area (Å²) in [5.74, 6) is -0.231. The van der Waals surface area contributed by atoms with Crippen molar-refractivity contribution in [2.45, 2.75) is 28.7 Å². The number of sulfone groups is 1. The highest BCUT2D eigenvalue weighted by Crippen LogP contribution is 2.22. The lowest BCUT2D eigenvalue weighted by Gasteiger charge is -2.31. The Hall–Kier alpha value is -2.30. The normalized spacial score (nSPS) is 16.6. The number of pyridine rings is 1. The molecule has 8 nitrogen and oxygen atoms in total.